The fraction of sp³-hybridized carbons (Fsp3) is 0.417. The van der Waals surface area contributed by atoms with Gasteiger partial charge in [0, 0.05) is 6.04 Å². The molecule has 2 N–H and O–H groups in total. The molecule has 0 amide bonds. The van der Waals surface area contributed by atoms with Crippen LogP contribution in [0.5, 0.6) is 0 Å². The molecule has 1 aromatic rings. The van der Waals surface area contributed by atoms with Gasteiger partial charge < -0.3 is 10.5 Å². The predicted molar refractivity (Wildman–Crippen MR) is 59.9 cm³/mol. The van der Waals surface area contributed by atoms with Gasteiger partial charge in [-0.05, 0) is 43.5 Å². The molecule has 1 rings (SSSR count). The smallest absolute Gasteiger partial charge is 0.337 e. The summed E-state index contributed by atoms with van der Waals surface area (Å²) in [5.74, 6) is -0.305. The number of aryl methyl sites for hydroxylation is 1. The first-order valence-corrected chi connectivity index (χ1v) is 4.98. The maximum Gasteiger partial charge on any atom is 0.337 e. The fourth-order valence-corrected chi connectivity index (χ4v) is 1.48. The number of carbonyl (C=O) groups is 1. The Balaban J connectivity index is 2.99. The SMILES string of the molecule is COC(=O)c1ccc(C)c(CC(C)N)c1. The van der Waals surface area contributed by atoms with Crippen LogP contribution in [0.15, 0.2) is 18.2 Å². The van der Waals surface area contributed by atoms with Crippen LogP contribution in [0.3, 0.4) is 0 Å². The first kappa shape index (κ1) is 11.7. The number of esters is 1. The van der Waals surface area contributed by atoms with Crippen LogP contribution in [0.2, 0.25) is 0 Å². The molecule has 0 radical (unpaired) electrons. The largest absolute Gasteiger partial charge is 0.465 e. The van der Waals surface area contributed by atoms with Crippen LogP contribution < -0.4 is 5.73 Å². The minimum absolute atomic E-state index is 0.0941. The van der Waals surface area contributed by atoms with E-state index < -0.39 is 0 Å². The van der Waals surface area contributed by atoms with Crippen molar-refractivity contribution in [3.05, 3.63) is 34.9 Å². The van der Waals surface area contributed by atoms with Crippen LogP contribution in [-0.4, -0.2) is 19.1 Å². The van der Waals surface area contributed by atoms with Gasteiger partial charge in [0.2, 0.25) is 0 Å². The van der Waals surface area contributed by atoms with Crippen molar-refractivity contribution in [2.24, 2.45) is 5.73 Å². The molecule has 0 fully saturated rings. The average Bonchev–Trinajstić information content (AvgIpc) is 2.19. The highest BCUT2D eigenvalue weighted by Gasteiger charge is 2.08. The molecule has 3 heteroatoms. The third kappa shape index (κ3) is 3.06. The van der Waals surface area contributed by atoms with Gasteiger partial charge in [0.05, 0.1) is 12.7 Å². The minimum Gasteiger partial charge on any atom is -0.465 e. The Morgan fingerprint density at radius 3 is 2.73 bits per heavy atom. The van der Waals surface area contributed by atoms with Gasteiger partial charge in [0.15, 0.2) is 0 Å². The molecule has 0 spiro atoms. The first-order chi connectivity index (χ1) is 7.04. The lowest BCUT2D eigenvalue weighted by Gasteiger charge is -2.10. The maximum atomic E-state index is 11.3. The summed E-state index contributed by atoms with van der Waals surface area (Å²) in [5.41, 5.74) is 8.58. The zero-order chi connectivity index (χ0) is 11.4. The van der Waals surface area contributed by atoms with E-state index in [4.69, 9.17) is 5.73 Å². The Hall–Kier alpha value is -1.35. The molecule has 1 aromatic carbocycles. The molecule has 0 saturated heterocycles. The molecule has 1 unspecified atom stereocenters. The molecule has 0 aromatic heterocycles. The second kappa shape index (κ2) is 4.94. The molecular formula is C12H17NO2. The molecule has 1 atom stereocenters. The number of ether oxygens (including phenoxy) is 1. The van der Waals surface area contributed by atoms with Gasteiger partial charge in [-0.2, -0.15) is 0 Å². The standard InChI is InChI=1S/C12H17NO2/c1-8-4-5-10(12(14)15-3)7-11(8)6-9(2)13/h4-5,7,9H,6,13H2,1-3H3. The number of carbonyl (C=O) groups excluding carboxylic acids is 1. The summed E-state index contributed by atoms with van der Waals surface area (Å²) in [4.78, 5) is 11.3. The van der Waals surface area contributed by atoms with Crippen LogP contribution in [-0.2, 0) is 11.2 Å². The fourth-order valence-electron chi connectivity index (χ4n) is 1.48. The summed E-state index contributed by atoms with van der Waals surface area (Å²) in [7, 11) is 1.38. The Morgan fingerprint density at radius 1 is 1.53 bits per heavy atom. The van der Waals surface area contributed by atoms with Crippen molar-refractivity contribution in [3.8, 4) is 0 Å². The third-order valence-electron chi connectivity index (χ3n) is 2.31. The molecule has 0 bridgehead atoms. The molecule has 0 saturated carbocycles. The van der Waals surface area contributed by atoms with Gasteiger partial charge in [-0.15, -0.1) is 0 Å². The number of nitrogens with two attached hydrogens (primary N) is 1. The normalized spacial score (nSPS) is 12.3. The van der Waals surface area contributed by atoms with Crippen molar-refractivity contribution in [2.45, 2.75) is 26.3 Å². The van der Waals surface area contributed by atoms with E-state index in [1.807, 2.05) is 26.0 Å². The van der Waals surface area contributed by atoms with Crippen LogP contribution in [0, 0.1) is 6.92 Å². The summed E-state index contributed by atoms with van der Waals surface area (Å²) < 4.78 is 4.67. The molecule has 0 aliphatic heterocycles. The quantitative estimate of drug-likeness (QED) is 0.767. The minimum atomic E-state index is -0.305. The molecule has 0 aliphatic rings. The Morgan fingerprint density at radius 2 is 2.20 bits per heavy atom. The molecule has 0 aliphatic carbocycles. The summed E-state index contributed by atoms with van der Waals surface area (Å²) in [6.07, 6.45) is 0.774. The highest BCUT2D eigenvalue weighted by atomic mass is 16.5. The molecule has 3 nitrogen and oxygen atoms in total. The first-order valence-electron chi connectivity index (χ1n) is 4.98. The van der Waals surface area contributed by atoms with Crippen LogP contribution >= 0.6 is 0 Å². The lowest BCUT2D eigenvalue weighted by atomic mass is 9.99. The lowest BCUT2D eigenvalue weighted by molar-refractivity contribution is 0.0600. The monoisotopic (exact) mass is 207 g/mol. The van der Waals surface area contributed by atoms with Crippen molar-refractivity contribution >= 4 is 5.97 Å². The van der Waals surface area contributed by atoms with Gasteiger partial charge in [-0.3, -0.25) is 0 Å². The van der Waals surface area contributed by atoms with Crippen molar-refractivity contribution in [1.82, 2.24) is 0 Å². The van der Waals surface area contributed by atoms with E-state index in [0.717, 1.165) is 17.5 Å². The lowest BCUT2D eigenvalue weighted by Crippen LogP contribution is -2.18. The summed E-state index contributed by atoms with van der Waals surface area (Å²) in [6, 6.07) is 5.64. The van der Waals surface area contributed by atoms with Gasteiger partial charge in [-0.25, -0.2) is 4.79 Å². The van der Waals surface area contributed by atoms with Crippen LogP contribution in [0.1, 0.15) is 28.4 Å². The topological polar surface area (TPSA) is 52.3 Å². The van der Waals surface area contributed by atoms with Crippen LogP contribution in [0.4, 0.5) is 0 Å². The summed E-state index contributed by atoms with van der Waals surface area (Å²) in [5, 5.41) is 0. The van der Waals surface area contributed by atoms with Crippen LogP contribution in [0.25, 0.3) is 0 Å². The third-order valence-corrected chi connectivity index (χ3v) is 2.31. The summed E-state index contributed by atoms with van der Waals surface area (Å²) >= 11 is 0. The zero-order valence-corrected chi connectivity index (χ0v) is 9.41. The molecule has 15 heavy (non-hydrogen) atoms. The highest BCUT2D eigenvalue weighted by molar-refractivity contribution is 5.89. The zero-order valence-electron chi connectivity index (χ0n) is 9.41. The Labute approximate surface area is 90.2 Å². The summed E-state index contributed by atoms with van der Waals surface area (Å²) in [6.45, 7) is 3.96. The molecular weight excluding hydrogens is 190 g/mol. The van der Waals surface area contributed by atoms with Crippen molar-refractivity contribution in [1.29, 1.82) is 0 Å². The highest BCUT2D eigenvalue weighted by Crippen LogP contribution is 2.13. The van der Waals surface area contributed by atoms with Crippen molar-refractivity contribution in [3.63, 3.8) is 0 Å². The maximum absolute atomic E-state index is 11.3. The average molecular weight is 207 g/mol. The molecule has 0 heterocycles. The number of benzene rings is 1. The van der Waals surface area contributed by atoms with E-state index in [0.29, 0.717) is 5.56 Å². The number of hydrogen-bond acceptors (Lipinski definition) is 3. The molecule has 82 valence electrons. The van der Waals surface area contributed by atoms with E-state index in [-0.39, 0.29) is 12.0 Å². The van der Waals surface area contributed by atoms with Gasteiger partial charge in [0.25, 0.3) is 0 Å². The van der Waals surface area contributed by atoms with E-state index in [1.165, 1.54) is 7.11 Å². The second-order valence-corrected chi connectivity index (χ2v) is 3.81. The predicted octanol–water partition coefficient (Wildman–Crippen LogP) is 1.67. The van der Waals surface area contributed by atoms with Gasteiger partial charge >= 0.3 is 5.97 Å². The Bertz CT molecular complexity index is 359. The van der Waals surface area contributed by atoms with Crippen molar-refractivity contribution < 1.29 is 9.53 Å². The number of rotatable bonds is 3. The van der Waals surface area contributed by atoms with Gasteiger partial charge in [0.1, 0.15) is 0 Å². The van der Waals surface area contributed by atoms with Crippen molar-refractivity contribution in [2.75, 3.05) is 7.11 Å². The van der Waals surface area contributed by atoms with E-state index >= 15 is 0 Å². The van der Waals surface area contributed by atoms with E-state index in [2.05, 4.69) is 4.74 Å². The number of methoxy groups -OCH3 is 1. The van der Waals surface area contributed by atoms with Gasteiger partial charge in [-0.1, -0.05) is 6.07 Å². The van der Waals surface area contributed by atoms with E-state index in [9.17, 15) is 4.79 Å². The second-order valence-electron chi connectivity index (χ2n) is 3.81. The Kier molecular flexibility index (Phi) is 3.86. The van der Waals surface area contributed by atoms with E-state index in [1.54, 1.807) is 6.07 Å². The number of hydrogen-bond donors (Lipinski definition) is 1.